The van der Waals surface area contributed by atoms with Crippen molar-refractivity contribution in [2.75, 3.05) is 21.2 Å². The minimum absolute atomic E-state index is 0.237. The molecule has 1 aromatic carbocycles. The maximum Gasteiger partial charge on any atom is 0.243 e. The van der Waals surface area contributed by atoms with Gasteiger partial charge in [0.05, 0.1) is 12.0 Å². The second-order valence-corrected chi connectivity index (χ2v) is 6.52. The van der Waals surface area contributed by atoms with Gasteiger partial charge in [-0.25, -0.2) is 17.7 Å². The van der Waals surface area contributed by atoms with Crippen LogP contribution in [0.15, 0.2) is 29.2 Å². The third-order valence-corrected chi connectivity index (χ3v) is 4.77. The highest BCUT2D eigenvalue weighted by Gasteiger charge is 2.21. The number of aryl methyl sites for hydroxylation is 1. The summed E-state index contributed by atoms with van der Waals surface area (Å²) in [6.07, 6.45) is 0. The van der Waals surface area contributed by atoms with Gasteiger partial charge in [-0.2, -0.15) is 0 Å². The number of methoxy groups -OCH3 is 1. The number of nitrogens with zero attached hydrogens (tertiary/aromatic N) is 2. The lowest BCUT2D eigenvalue weighted by Crippen LogP contribution is -2.22. The van der Waals surface area contributed by atoms with Gasteiger partial charge in [0.2, 0.25) is 10.0 Å². The van der Waals surface area contributed by atoms with Crippen LogP contribution in [0.2, 0.25) is 0 Å². The van der Waals surface area contributed by atoms with Gasteiger partial charge in [-0.1, -0.05) is 0 Å². The topological polar surface area (TPSA) is 59.5 Å². The first-order valence-electron chi connectivity index (χ1n) is 5.75. The van der Waals surface area contributed by atoms with Crippen LogP contribution in [0, 0.1) is 6.92 Å². The molecule has 0 aliphatic carbocycles. The van der Waals surface area contributed by atoms with Gasteiger partial charge in [0.15, 0.2) is 0 Å². The molecule has 0 saturated heterocycles. The molecular formula is C13H16N2O3S. The Morgan fingerprint density at radius 3 is 2.42 bits per heavy atom. The molecule has 0 unspecified atom stereocenters. The lowest BCUT2D eigenvalue weighted by molar-refractivity contribution is 0.418. The van der Waals surface area contributed by atoms with Gasteiger partial charge in [0, 0.05) is 25.2 Å². The first-order valence-corrected chi connectivity index (χ1v) is 7.19. The highest BCUT2D eigenvalue weighted by atomic mass is 32.2. The number of aromatic nitrogens is 1. The van der Waals surface area contributed by atoms with E-state index in [1.807, 2.05) is 6.92 Å². The van der Waals surface area contributed by atoms with E-state index in [1.54, 1.807) is 31.4 Å². The summed E-state index contributed by atoms with van der Waals surface area (Å²) >= 11 is 0. The number of rotatable bonds is 3. The molecule has 1 aromatic heterocycles. The molecule has 2 aromatic rings. The molecule has 0 spiro atoms. The number of hydrogen-bond donors (Lipinski definition) is 0. The van der Waals surface area contributed by atoms with Gasteiger partial charge in [-0.15, -0.1) is 0 Å². The Kier molecular flexibility index (Phi) is 3.47. The van der Waals surface area contributed by atoms with Crippen LogP contribution >= 0.6 is 0 Å². The number of ether oxygens (including phenoxy) is 1. The lowest BCUT2D eigenvalue weighted by atomic mass is 10.2. The van der Waals surface area contributed by atoms with Crippen molar-refractivity contribution in [2.45, 2.75) is 11.8 Å². The SMILES string of the molecule is COc1ccc(S(=O)(=O)N(C)C)c2ccc(C)nc12. The zero-order valence-electron chi connectivity index (χ0n) is 11.3. The molecule has 0 saturated carbocycles. The van der Waals surface area contributed by atoms with Crippen LogP contribution in [0.3, 0.4) is 0 Å². The van der Waals surface area contributed by atoms with Crippen LogP contribution in [0.1, 0.15) is 5.69 Å². The normalized spacial score (nSPS) is 12.1. The van der Waals surface area contributed by atoms with Gasteiger partial charge in [0.1, 0.15) is 11.3 Å². The highest BCUT2D eigenvalue weighted by Crippen LogP contribution is 2.30. The van der Waals surface area contributed by atoms with E-state index < -0.39 is 10.0 Å². The van der Waals surface area contributed by atoms with Crippen LogP contribution in [0.25, 0.3) is 10.9 Å². The Labute approximate surface area is 112 Å². The van der Waals surface area contributed by atoms with Crippen molar-refractivity contribution in [3.8, 4) is 5.75 Å². The first-order chi connectivity index (χ1) is 8.87. The molecule has 6 heteroatoms. The van der Waals surface area contributed by atoms with Gasteiger partial charge in [-0.3, -0.25) is 0 Å². The van der Waals surface area contributed by atoms with Crippen LogP contribution in [-0.2, 0) is 10.0 Å². The summed E-state index contributed by atoms with van der Waals surface area (Å²) in [4.78, 5) is 4.61. The molecular weight excluding hydrogens is 264 g/mol. The summed E-state index contributed by atoms with van der Waals surface area (Å²) in [5.41, 5.74) is 1.37. The Balaban J connectivity index is 2.86. The summed E-state index contributed by atoms with van der Waals surface area (Å²) < 4.78 is 31.0. The van der Waals surface area contributed by atoms with E-state index in [-0.39, 0.29) is 4.90 Å². The number of pyridine rings is 1. The molecule has 0 amide bonds. The molecule has 0 atom stereocenters. The third-order valence-electron chi connectivity index (χ3n) is 2.90. The molecule has 19 heavy (non-hydrogen) atoms. The smallest absolute Gasteiger partial charge is 0.243 e. The summed E-state index contributed by atoms with van der Waals surface area (Å²) in [6.45, 7) is 1.85. The van der Waals surface area contributed by atoms with Crippen molar-refractivity contribution in [3.05, 3.63) is 30.0 Å². The number of hydrogen-bond acceptors (Lipinski definition) is 4. The number of fused-ring (bicyclic) bond motifs is 1. The van der Waals surface area contributed by atoms with E-state index in [0.29, 0.717) is 16.7 Å². The Hall–Kier alpha value is -1.66. The van der Waals surface area contributed by atoms with E-state index >= 15 is 0 Å². The summed E-state index contributed by atoms with van der Waals surface area (Å²) in [7, 11) is 1.05. The fourth-order valence-corrected chi connectivity index (χ4v) is 2.93. The van der Waals surface area contributed by atoms with Crippen molar-refractivity contribution >= 4 is 20.9 Å². The van der Waals surface area contributed by atoms with Crippen molar-refractivity contribution in [2.24, 2.45) is 0 Å². The maximum absolute atomic E-state index is 12.3. The van der Waals surface area contributed by atoms with Crippen molar-refractivity contribution in [1.29, 1.82) is 0 Å². The molecule has 102 valence electrons. The molecule has 0 N–H and O–H groups in total. The van der Waals surface area contributed by atoms with Crippen molar-refractivity contribution in [3.63, 3.8) is 0 Å². The standard InChI is InChI=1S/C13H16N2O3S/c1-9-5-6-10-12(19(16,17)15(2)3)8-7-11(18-4)13(10)14-9/h5-8H,1-4H3. The predicted molar refractivity (Wildman–Crippen MR) is 73.9 cm³/mol. The fraction of sp³-hybridized carbons (Fsp3) is 0.308. The minimum atomic E-state index is -3.50. The number of benzene rings is 1. The summed E-state index contributed by atoms with van der Waals surface area (Å²) in [6, 6.07) is 6.73. The average Bonchev–Trinajstić information content (AvgIpc) is 2.36. The van der Waals surface area contributed by atoms with Gasteiger partial charge in [-0.05, 0) is 31.2 Å². The van der Waals surface area contributed by atoms with Gasteiger partial charge >= 0.3 is 0 Å². The quantitative estimate of drug-likeness (QED) is 0.860. The van der Waals surface area contributed by atoms with Gasteiger partial charge < -0.3 is 4.74 Å². The molecule has 0 aliphatic heterocycles. The van der Waals surface area contributed by atoms with E-state index in [0.717, 1.165) is 5.69 Å². The molecule has 5 nitrogen and oxygen atoms in total. The Morgan fingerprint density at radius 1 is 1.16 bits per heavy atom. The highest BCUT2D eigenvalue weighted by molar-refractivity contribution is 7.89. The number of sulfonamides is 1. The Bertz CT molecular complexity index is 724. The summed E-state index contributed by atoms with van der Waals surface area (Å²) in [5, 5.41) is 0.568. The largest absolute Gasteiger partial charge is 0.494 e. The average molecular weight is 280 g/mol. The fourth-order valence-electron chi connectivity index (χ4n) is 1.85. The molecule has 0 fully saturated rings. The van der Waals surface area contributed by atoms with Gasteiger partial charge in [0.25, 0.3) is 0 Å². The van der Waals surface area contributed by atoms with E-state index in [1.165, 1.54) is 18.4 Å². The molecule has 0 radical (unpaired) electrons. The van der Waals surface area contributed by atoms with Crippen LogP contribution in [0.4, 0.5) is 0 Å². The molecule has 0 bridgehead atoms. The maximum atomic E-state index is 12.3. The molecule has 0 aliphatic rings. The lowest BCUT2D eigenvalue weighted by Gasteiger charge is -2.14. The minimum Gasteiger partial charge on any atom is -0.494 e. The Morgan fingerprint density at radius 2 is 1.84 bits per heavy atom. The summed E-state index contributed by atoms with van der Waals surface area (Å²) in [5.74, 6) is 0.566. The second-order valence-electron chi connectivity index (χ2n) is 4.40. The third kappa shape index (κ3) is 2.29. The van der Waals surface area contributed by atoms with Crippen molar-refractivity contribution < 1.29 is 13.2 Å². The van der Waals surface area contributed by atoms with E-state index in [2.05, 4.69) is 4.98 Å². The van der Waals surface area contributed by atoms with Crippen LogP contribution < -0.4 is 4.74 Å². The van der Waals surface area contributed by atoms with Crippen LogP contribution in [-0.4, -0.2) is 38.9 Å². The molecule has 2 rings (SSSR count). The van der Waals surface area contributed by atoms with Crippen LogP contribution in [0.5, 0.6) is 5.75 Å². The predicted octanol–water partition coefficient (Wildman–Crippen LogP) is 1.80. The van der Waals surface area contributed by atoms with E-state index in [9.17, 15) is 8.42 Å². The monoisotopic (exact) mass is 280 g/mol. The molecule has 1 heterocycles. The van der Waals surface area contributed by atoms with E-state index in [4.69, 9.17) is 4.74 Å². The zero-order valence-corrected chi connectivity index (χ0v) is 12.2. The zero-order chi connectivity index (χ0) is 14.2. The second kappa shape index (κ2) is 4.79. The van der Waals surface area contributed by atoms with Crippen molar-refractivity contribution in [1.82, 2.24) is 9.29 Å². The first kappa shape index (κ1) is 13.8.